The Labute approximate surface area is 78.3 Å². The van der Waals surface area contributed by atoms with Gasteiger partial charge in [-0.15, -0.1) is 0 Å². The highest BCUT2D eigenvalue weighted by molar-refractivity contribution is 4.88. The number of halogens is 2. The van der Waals surface area contributed by atoms with Crippen LogP contribution in [0, 0.1) is 0 Å². The predicted octanol–water partition coefficient (Wildman–Crippen LogP) is 1.32. The Kier molecular flexibility index (Phi) is 3.24. The van der Waals surface area contributed by atoms with Gasteiger partial charge in [0.25, 0.3) is 5.92 Å². The van der Waals surface area contributed by atoms with Crippen LogP contribution >= 0.6 is 0 Å². The summed E-state index contributed by atoms with van der Waals surface area (Å²) in [5.74, 6) is -2.50. The first-order valence-electron chi connectivity index (χ1n) is 4.72. The zero-order valence-corrected chi connectivity index (χ0v) is 8.48. The molecule has 0 saturated carbocycles. The summed E-state index contributed by atoms with van der Waals surface area (Å²) in [7, 11) is 1.96. The summed E-state index contributed by atoms with van der Waals surface area (Å²) < 4.78 is 25.5. The Morgan fingerprint density at radius 2 is 2.15 bits per heavy atom. The summed E-state index contributed by atoms with van der Waals surface area (Å²) in [6, 6.07) is 0.360. The van der Waals surface area contributed by atoms with Crippen molar-refractivity contribution in [1.29, 1.82) is 0 Å². The molecule has 1 aliphatic rings. The van der Waals surface area contributed by atoms with E-state index in [1.165, 1.54) is 0 Å². The van der Waals surface area contributed by atoms with E-state index in [2.05, 4.69) is 24.1 Å². The highest BCUT2D eigenvalue weighted by Gasteiger charge is 2.39. The molecule has 0 amide bonds. The minimum atomic E-state index is -2.50. The Morgan fingerprint density at radius 3 is 2.54 bits per heavy atom. The van der Waals surface area contributed by atoms with Gasteiger partial charge in [0.1, 0.15) is 0 Å². The number of likely N-dealkylation sites (N-methyl/N-ethyl adjacent to an activating group) is 1. The van der Waals surface area contributed by atoms with Gasteiger partial charge in [-0.2, -0.15) is 0 Å². The molecule has 0 aromatic carbocycles. The molecule has 0 aromatic rings. The molecule has 13 heavy (non-hydrogen) atoms. The van der Waals surface area contributed by atoms with Crippen LogP contribution in [0.15, 0.2) is 0 Å². The molecule has 1 aliphatic heterocycles. The number of alkyl halides is 2. The van der Waals surface area contributed by atoms with Crippen LogP contribution in [-0.4, -0.2) is 43.0 Å². The molecule has 0 aromatic heterocycles. The second kappa shape index (κ2) is 3.88. The van der Waals surface area contributed by atoms with Crippen LogP contribution in [0.25, 0.3) is 0 Å². The number of hydrogen-bond donors (Lipinski definition) is 1. The van der Waals surface area contributed by atoms with Gasteiger partial charge in [0.2, 0.25) is 0 Å². The first-order chi connectivity index (χ1) is 5.91. The van der Waals surface area contributed by atoms with Crippen LogP contribution in [0.3, 0.4) is 0 Å². The lowest BCUT2D eigenvalue weighted by Gasteiger charge is -2.24. The third-order valence-corrected chi connectivity index (χ3v) is 2.58. The molecule has 0 aliphatic carbocycles. The molecule has 0 radical (unpaired) electrons. The number of hydrogen-bond acceptors (Lipinski definition) is 2. The standard InChI is InChI=1S/C9H18F2N2/c1-7(2)13(3)5-8-4-9(10,11)6-12-8/h7-8,12H,4-6H2,1-3H3. The van der Waals surface area contributed by atoms with Gasteiger partial charge in [-0.3, -0.25) is 0 Å². The minimum absolute atomic E-state index is 0.0238. The van der Waals surface area contributed by atoms with Crippen molar-refractivity contribution >= 4 is 0 Å². The molecule has 1 atom stereocenters. The topological polar surface area (TPSA) is 15.3 Å². The molecule has 1 saturated heterocycles. The smallest absolute Gasteiger partial charge is 0.261 e. The second-order valence-electron chi connectivity index (χ2n) is 4.17. The molecule has 2 nitrogen and oxygen atoms in total. The second-order valence-corrected chi connectivity index (χ2v) is 4.17. The maximum absolute atomic E-state index is 12.8. The van der Waals surface area contributed by atoms with Crippen molar-refractivity contribution in [3.05, 3.63) is 0 Å². The van der Waals surface area contributed by atoms with Crippen LogP contribution in [0.4, 0.5) is 8.78 Å². The molecule has 1 fully saturated rings. The predicted molar refractivity (Wildman–Crippen MR) is 49.1 cm³/mol. The minimum Gasteiger partial charge on any atom is -0.307 e. The van der Waals surface area contributed by atoms with Gasteiger partial charge in [0.05, 0.1) is 6.54 Å². The maximum atomic E-state index is 12.8. The Morgan fingerprint density at radius 1 is 1.54 bits per heavy atom. The molecule has 4 heteroatoms. The van der Waals surface area contributed by atoms with E-state index in [0.29, 0.717) is 12.6 Å². The highest BCUT2D eigenvalue weighted by atomic mass is 19.3. The fraction of sp³-hybridized carbons (Fsp3) is 1.00. The van der Waals surface area contributed by atoms with Gasteiger partial charge < -0.3 is 10.2 Å². The first kappa shape index (κ1) is 10.9. The maximum Gasteiger partial charge on any atom is 0.261 e. The van der Waals surface area contributed by atoms with Crippen LogP contribution in [-0.2, 0) is 0 Å². The van der Waals surface area contributed by atoms with Crippen molar-refractivity contribution in [2.45, 2.75) is 38.3 Å². The lowest BCUT2D eigenvalue weighted by molar-refractivity contribution is 0.0199. The first-order valence-corrected chi connectivity index (χ1v) is 4.72. The van der Waals surface area contributed by atoms with Gasteiger partial charge in [-0.25, -0.2) is 8.78 Å². The van der Waals surface area contributed by atoms with Crippen molar-refractivity contribution < 1.29 is 8.78 Å². The van der Waals surface area contributed by atoms with E-state index in [1.807, 2.05) is 7.05 Å². The lowest BCUT2D eigenvalue weighted by atomic mass is 10.1. The van der Waals surface area contributed by atoms with Crippen molar-refractivity contribution in [2.24, 2.45) is 0 Å². The van der Waals surface area contributed by atoms with E-state index in [9.17, 15) is 8.78 Å². The number of nitrogens with zero attached hydrogens (tertiary/aromatic N) is 1. The highest BCUT2D eigenvalue weighted by Crippen LogP contribution is 2.25. The fourth-order valence-corrected chi connectivity index (χ4v) is 1.49. The van der Waals surface area contributed by atoms with Gasteiger partial charge in [-0.1, -0.05) is 0 Å². The van der Waals surface area contributed by atoms with Crippen LogP contribution in [0.1, 0.15) is 20.3 Å². The van der Waals surface area contributed by atoms with E-state index < -0.39 is 5.92 Å². The SMILES string of the molecule is CC(C)N(C)CC1CC(F)(F)CN1. The van der Waals surface area contributed by atoms with E-state index in [1.54, 1.807) is 0 Å². The summed E-state index contributed by atoms with van der Waals surface area (Å²) in [6.45, 7) is 4.66. The molecule has 1 N–H and O–H groups in total. The van der Waals surface area contributed by atoms with E-state index in [4.69, 9.17) is 0 Å². The Balaban J connectivity index is 2.32. The average Bonchev–Trinajstić information content (AvgIpc) is 2.30. The molecular weight excluding hydrogens is 174 g/mol. The van der Waals surface area contributed by atoms with Crippen LogP contribution in [0.5, 0.6) is 0 Å². The largest absolute Gasteiger partial charge is 0.307 e. The number of nitrogens with one attached hydrogen (secondary N) is 1. The summed E-state index contributed by atoms with van der Waals surface area (Å²) in [5, 5.41) is 2.84. The van der Waals surface area contributed by atoms with Crippen LogP contribution in [0.2, 0.25) is 0 Å². The van der Waals surface area contributed by atoms with Crippen molar-refractivity contribution in [1.82, 2.24) is 10.2 Å². The fourth-order valence-electron chi connectivity index (χ4n) is 1.49. The summed E-state index contributed by atoms with van der Waals surface area (Å²) in [5.41, 5.74) is 0. The van der Waals surface area contributed by atoms with E-state index in [-0.39, 0.29) is 19.0 Å². The zero-order chi connectivity index (χ0) is 10.1. The quantitative estimate of drug-likeness (QED) is 0.725. The molecule has 1 rings (SSSR count). The average molecular weight is 192 g/mol. The van der Waals surface area contributed by atoms with Crippen molar-refractivity contribution in [3.63, 3.8) is 0 Å². The monoisotopic (exact) mass is 192 g/mol. The summed E-state index contributed by atoms with van der Waals surface area (Å²) >= 11 is 0. The molecular formula is C9H18F2N2. The van der Waals surface area contributed by atoms with Gasteiger partial charge in [-0.05, 0) is 20.9 Å². The Hall–Kier alpha value is -0.220. The molecule has 0 bridgehead atoms. The van der Waals surface area contributed by atoms with E-state index in [0.717, 1.165) is 0 Å². The molecule has 1 heterocycles. The van der Waals surface area contributed by atoms with Crippen molar-refractivity contribution in [2.75, 3.05) is 20.1 Å². The van der Waals surface area contributed by atoms with E-state index >= 15 is 0 Å². The third kappa shape index (κ3) is 3.19. The summed E-state index contributed by atoms with van der Waals surface area (Å²) in [4.78, 5) is 2.08. The van der Waals surface area contributed by atoms with Gasteiger partial charge >= 0.3 is 0 Å². The van der Waals surface area contributed by atoms with Crippen molar-refractivity contribution in [3.8, 4) is 0 Å². The molecule has 78 valence electrons. The zero-order valence-electron chi connectivity index (χ0n) is 8.48. The summed E-state index contributed by atoms with van der Waals surface area (Å²) in [6.07, 6.45) is -0.0238. The van der Waals surface area contributed by atoms with Gasteiger partial charge in [0, 0.05) is 25.0 Å². The Bertz CT molecular complexity index is 171. The normalized spacial score (nSPS) is 27.5. The molecule has 1 unspecified atom stereocenters. The number of rotatable bonds is 3. The van der Waals surface area contributed by atoms with Gasteiger partial charge in [0.15, 0.2) is 0 Å². The molecule has 0 spiro atoms. The third-order valence-electron chi connectivity index (χ3n) is 2.58. The lowest BCUT2D eigenvalue weighted by Crippen LogP contribution is -2.38. The van der Waals surface area contributed by atoms with Crippen LogP contribution < -0.4 is 5.32 Å².